The topological polar surface area (TPSA) is 24.5 Å². The highest BCUT2D eigenvalue weighted by Gasteiger charge is 2.28. The van der Waals surface area contributed by atoms with Gasteiger partial charge in [-0.15, -0.1) is 0 Å². The van der Waals surface area contributed by atoms with E-state index in [0.29, 0.717) is 12.1 Å². The lowest BCUT2D eigenvalue weighted by molar-refractivity contribution is 0.0129. The van der Waals surface area contributed by atoms with E-state index in [-0.39, 0.29) is 0 Å². The smallest absolute Gasteiger partial charge is 0.0698 e. The van der Waals surface area contributed by atoms with Gasteiger partial charge in [0, 0.05) is 26.2 Å². The van der Waals surface area contributed by atoms with Crippen LogP contribution in [0.2, 0.25) is 0 Å². The largest absolute Gasteiger partial charge is 0.380 e. The van der Waals surface area contributed by atoms with Crippen molar-refractivity contribution in [2.24, 2.45) is 0 Å². The van der Waals surface area contributed by atoms with Crippen LogP contribution < -0.4 is 5.32 Å². The molecule has 1 aromatic rings. The predicted molar refractivity (Wildman–Crippen MR) is 77.1 cm³/mol. The fraction of sp³-hybridized carbons (Fsp3) is 0.625. The summed E-state index contributed by atoms with van der Waals surface area (Å²) >= 11 is 0. The van der Waals surface area contributed by atoms with Crippen molar-refractivity contribution in [1.82, 2.24) is 10.2 Å². The van der Waals surface area contributed by atoms with E-state index in [4.69, 9.17) is 4.74 Å². The number of nitrogens with zero attached hydrogens (tertiary/aromatic N) is 1. The van der Waals surface area contributed by atoms with Gasteiger partial charge in [0.2, 0.25) is 0 Å². The molecule has 1 fully saturated rings. The van der Waals surface area contributed by atoms with Gasteiger partial charge in [0.25, 0.3) is 0 Å². The summed E-state index contributed by atoms with van der Waals surface area (Å²) in [6.45, 7) is 4.40. The highest BCUT2D eigenvalue weighted by atomic mass is 16.5. The van der Waals surface area contributed by atoms with E-state index in [0.717, 1.165) is 19.6 Å². The molecule has 0 saturated carbocycles. The summed E-state index contributed by atoms with van der Waals surface area (Å²) in [6.07, 6.45) is 4.08. The summed E-state index contributed by atoms with van der Waals surface area (Å²) < 4.78 is 5.57. The number of nitrogens with one attached hydrogen (secondary N) is 1. The molecular weight excluding hydrogens is 236 g/mol. The average Bonchev–Trinajstić information content (AvgIpc) is 2.69. The molecule has 3 nitrogen and oxygen atoms in total. The monoisotopic (exact) mass is 260 g/mol. The van der Waals surface area contributed by atoms with Crippen molar-refractivity contribution in [3.8, 4) is 0 Å². The quantitative estimate of drug-likeness (QED) is 0.883. The van der Waals surface area contributed by atoms with Gasteiger partial charge in [-0.2, -0.15) is 0 Å². The average molecular weight is 260 g/mol. The molecule has 0 bridgehead atoms. The standard InChI is InChI=1S/C16H24N2O/c1-19-14-6-4-10-18(12-14)16-8-9-17-11-13-5-2-3-7-15(13)16/h2-3,5,7,14,16-17H,4,6,8-12H2,1H3. The van der Waals surface area contributed by atoms with Crippen molar-refractivity contribution in [3.63, 3.8) is 0 Å². The molecule has 0 aromatic heterocycles. The van der Waals surface area contributed by atoms with Crippen LogP contribution in [0.15, 0.2) is 24.3 Å². The van der Waals surface area contributed by atoms with Crippen molar-refractivity contribution < 1.29 is 4.74 Å². The molecule has 2 aliphatic heterocycles. The molecular formula is C16H24N2O. The Hall–Kier alpha value is -0.900. The molecule has 0 amide bonds. The van der Waals surface area contributed by atoms with Crippen molar-refractivity contribution in [2.75, 3.05) is 26.7 Å². The molecule has 1 aromatic carbocycles. The molecule has 0 radical (unpaired) electrons. The van der Waals surface area contributed by atoms with Crippen LogP contribution in [0.1, 0.15) is 36.4 Å². The Morgan fingerprint density at radius 2 is 2.16 bits per heavy atom. The van der Waals surface area contributed by atoms with Crippen LogP contribution in [0, 0.1) is 0 Å². The minimum Gasteiger partial charge on any atom is -0.380 e. The Labute approximate surface area is 115 Å². The van der Waals surface area contributed by atoms with E-state index in [1.807, 2.05) is 7.11 Å². The molecule has 3 heteroatoms. The van der Waals surface area contributed by atoms with E-state index in [9.17, 15) is 0 Å². The van der Waals surface area contributed by atoms with E-state index < -0.39 is 0 Å². The van der Waals surface area contributed by atoms with Gasteiger partial charge >= 0.3 is 0 Å². The Morgan fingerprint density at radius 3 is 3.05 bits per heavy atom. The minimum absolute atomic E-state index is 0.414. The number of likely N-dealkylation sites (tertiary alicyclic amines) is 1. The molecule has 2 heterocycles. The Balaban J connectivity index is 1.83. The molecule has 1 saturated heterocycles. The number of benzene rings is 1. The number of ether oxygens (including phenoxy) is 1. The molecule has 3 rings (SSSR count). The van der Waals surface area contributed by atoms with Crippen LogP contribution in [0.25, 0.3) is 0 Å². The second-order valence-corrected chi connectivity index (χ2v) is 5.67. The third-order valence-electron chi connectivity index (χ3n) is 4.51. The zero-order chi connectivity index (χ0) is 13.1. The molecule has 2 unspecified atom stereocenters. The lowest BCUT2D eigenvalue weighted by Crippen LogP contribution is -2.41. The van der Waals surface area contributed by atoms with Gasteiger partial charge in [-0.05, 0) is 43.5 Å². The molecule has 104 valence electrons. The highest BCUT2D eigenvalue weighted by molar-refractivity contribution is 5.31. The van der Waals surface area contributed by atoms with E-state index in [1.165, 1.54) is 36.9 Å². The molecule has 19 heavy (non-hydrogen) atoms. The maximum absolute atomic E-state index is 5.57. The van der Waals surface area contributed by atoms with Crippen molar-refractivity contribution in [3.05, 3.63) is 35.4 Å². The normalized spacial score (nSPS) is 28.7. The van der Waals surface area contributed by atoms with Gasteiger partial charge in [-0.3, -0.25) is 4.90 Å². The summed E-state index contributed by atoms with van der Waals surface area (Å²) in [5, 5.41) is 3.54. The second-order valence-electron chi connectivity index (χ2n) is 5.67. The second kappa shape index (κ2) is 6.04. The van der Waals surface area contributed by atoms with Crippen LogP contribution in [0.4, 0.5) is 0 Å². The van der Waals surface area contributed by atoms with Gasteiger partial charge < -0.3 is 10.1 Å². The molecule has 2 aliphatic rings. The summed E-state index contributed by atoms with van der Waals surface area (Å²) in [5.41, 5.74) is 2.98. The van der Waals surface area contributed by atoms with Crippen LogP contribution in [-0.4, -0.2) is 37.7 Å². The zero-order valence-corrected chi connectivity index (χ0v) is 11.8. The van der Waals surface area contributed by atoms with E-state index in [1.54, 1.807) is 0 Å². The highest BCUT2D eigenvalue weighted by Crippen LogP contribution is 2.31. The fourth-order valence-corrected chi connectivity index (χ4v) is 3.46. The van der Waals surface area contributed by atoms with Crippen LogP contribution >= 0.6 is 0 Å². The maximum atomic E-state index is 5.57. The van der Waals surface area contributed by atoms with Gasteiger partial charge in [0.15, 0.2) is 0 Å². The Bertz CT molecular complexity index is 421. The first-order valence-electron chi connectivity index (χ1n) is 7.44. The Morgan fingerprint density at radius 1 is 1.26 bits per heavy atom. The molecule has 0 spiro atoms. The first kappa shape index (κ1) is 13.1. The number of hydrogen-bond acceptors (Lipinski definition) is 3. The molecule has 0 aliphatic carbocycles. The lowest BCUT2D eigenvalue weighted by Gasteiger charge is -2.38. The van der Waals surface area contributed by atoms with Crippen molar-refractivity contribution in [1.29, 1.82) is 0 Å². The molecule has 1 N–H and O–H groups in total. The first-order valence-corrected chi connectivity index (χ1v) is 7.44. The fourth-order valence-electron chi connectivity index (χ4n) is 3.46. The first-order chi connectivity index (χ1) is 9.38. The number of fused-ring (bicyclic) bond motifs is 1. The number of rotatable bonds is 2. The van der Waals surface area contributed by atoms with E-state index >= 15 is 0 Å². The third-order valence-corrected chi connectivity index (χ3v) is 4.51. The SMILES string of the molecule is COC1CCCN(C2CCNCc3ccccc32)C1. The van der Waals surface area contributed by atoms with Crippen LogP contribution in [0.3, 0.4) is 0 Å². The summed E-state index contributed by atoms with van der Waals surface area (Å²) in [6, 6.07) is 9.46. The van der Waals surface area contributed by atoms with E-state index in [2.05, 4.69) is 34.5 Å². The molecule has 2 atom stereocenters. The van der Waals surface area contributed by atoms with Crippen LogP contribution in [-0.2, 0) is 11.3 Å². The zero-order valence-electron chi connectivity index (χ0n) is 11.8. The van der Waals surface area contributed by atoms with Crippen LogP contribution in [0.5, 0.6) is 0 Å². The summed E-state index contributed by atoms with van der Waals surface area (Å²) in [4.78, 5) is 2.63. The summed E-state index contributed by atoms with van der Waals surface area (Å²) in [7, 11) is 1.84. The lowest BCUT2D eigenvalue weighted by atomic mass is 9.95. The van der Waals surface area contributed by atoms with Crippen molar-refractivity contribution in [2.45, 2.75) is 38.0 Å². The third kappa shape index (κ3) is 2.83. The maximum Gasteiger partial charge on any atom is 0.0698 e. The number of hydrogen-bond donors (Lipinski definition) is 1. The Kier molecular flexibility index (Phi) is 4.16. The number of methoxy groups -OCH3 is 1. The van der Waals surface area contributed by atoms with Gasteiger partial charge in [0.1, 0.15) is 0 Å². The van der Waals surface area contributed by atoms with Gasteiger partial charge in [0.05, 0.1) is 6.10 Å². The number of piperidine rings is 1. The van der Waals surface area contributed by atoms with Crippen molar-refractivity contribution >= 4 is 0 Å². The summed E-state index contributed by atoms with van der Waals surface area (Å²) in [5.74, 6) is 0. The minimum atomic E-state index is 0.414. The van der Waals surface area contributed by atoms with Gasteiger partial charge in [-0.25, -0.2) is 0 Å². The van der Waals surface area contributed by atoms with Gasteiger partial charge in [-0.1, -0.05) is 24.3 Å². The predicted octanol–water partition coefficient (Wildman–Crippen LogP) is 2.33.